The molecule has 0 bridgehead atoms. The Morgan fingerprint density at radius 2 is 2.00 bits per heavy atom. The van der Waals surface area contributed by atoms with Gasteiger partial charge in [-0.1, -0.05) is 51.8 Å². The van der Waals surface area contributed by atoms with Gasteiger partial charge in [0.1, 0.15) is 12.4 Å². The maximum absolute atomic E-state index is 12.4. The second kappa shape index (κ2) is 8.78. The van der Waals surface area contributed by atoms with Gasteiger partial charge in [0.25, 0.3) is 11.1 Å². The van der Waals surface area contributed by atoms with Crippen LogP contribution in [0.1, 0.15) is 11.1 Å². The van der Waals surface area contributed by atoms with Gasteiger partial charge in [0, 0.05) is 27.2 Å². The van der Waals surface area contributed by atoms with E-state index in [0.717, 1.165) is 26.7 Å². The van der Waals surface area contributed by atoms with Crippen molar-refractivity contribution in [1.29, 1.82) is 0 Å². The monoisotopic (exact) mass is 463 g/mol. The molecule has 0 saturated carbocycles. The second-order valence-electron chi connectivity index (χ2n) is 5.64. The Hall–Kier alpha value is -2.02. The zero-order valence-corrected chi connectivity index (χ0v) is 17.3. The van der Waals surface area contributed by atoms with Gasteiger partial charge in [0.05, 0.1) is 4.91 Å². The molecule has 1 aliphatic rings. The lowest BCUT2D eigenvalue weighted by atomic mass is 10.1. The number of amides is 2. The molecule has 4 nitrogen and oxygen atoms in total. The van der Waals surface area contributed by atoms with Crippen LogP contribution in [0.25, 0.3) is 6.08 Å². The quantitative estimate of drug-likeness (QED) is 0.394. The Kier molecular flexibility index (Phi) is 6.42. The Bertz CT molecular complexity index is 945. The molecule has 0 aliphatic carbocycles. The van der Waals surface area contributed by atoms with Crippen LogP contribution in [0.15, 0.2) is 64.5 Å². The van der Waals surface area contributed by atoms with Crippen molar-refractivity contribution < 1.29 is 14.3 Å². The summed E-state index contributed by atoms with van der Waals surface area (Å²) in [6.45, 7) is 4.06. The van der Waals surface area contributed by atoms with E-state index in [4.69, 9.17) is 16.3 Å². The SMILES string of the molecule is C=CCN1C(=O)S/C(=C/c2cc(Br)ccc2OCc2ccccc2Cl)C1=O. The van der Waals surface area contributed by atoms with E-state index in [9.17, 15) is 9.59 Å². The molecule has 1 aliphatic heterocycles. The number of thioether (sulfide) groups is 1. The van der Waals surface area contributed by atoms with Crippen LogP contribution >= 0.6 is 39.3 Å². The molecule has 27 heavy (non-hydrogen) atoms. The predicted molar refractivity (Wildman–Crippen MR) is 113 cm³/mol. The van der Waals surface area contributed by atoms with E-state index in [2.05, 4.69) is 22.5 Å². The molecule has 1 heterocycles. The molecule has 0 spiro atoms. The average Bonchev–Trinajstić information content (AvgIpc) is 2.90. The number of carbonyl (C=O) groups is 2. The molecule has 3 rings (SSSR count). The topological polar surface area (TPSA) is 46.6 Å². The van der Waals surface area contributed by atoms with Crippen LogP contribution in [0.5, 0.6) is 5.75 Å². The van der Waals surface area contributed by atoms with E-state index in [1.54, 1.807) is 18.2 Å². The van der Waals surface area contributed by atoms with E-state index < -0.39 is 0 Å². The first-order valence-electron chi connectivity index (χ1n) is 8.01. The summed E-state index contributed by atoms with van der Waals surface area (Å²) in [5.41, 5.74) is 1.56. The van der Waals surface area contributed by atoms with Crippen LogP contribution in [0, 0.1) is 0 Å². The van der Waals surface area contributed by atoms with Crippen molar-refractivity contribution in [2.75, 3.05) is 6.54 Å². The molecule has 2 aromatic carbocycles. The third kappa shape index (κ3) is 4.64. The molecule has 2 aromatic rings. The lowest BCUT2D eigenvalue weighted by molar-refractivity contribution is -0.122. The van der Waals surface area contributed by atoms with Crippen molar-refractivity contribution >= 4 is 56.5 Å². The molecular weight excluding hydrogens is 450 g/mol. The number of rotatable bonds is 6. The lowest BCUT2D eigenvalue weighted by Gasteiger charge is -2.11. The van der Waals surface area contributed by atoms with Crippen molar-refractivity contribution in [3.8, 4) is 5.75 Å². The second-order valence-corrected chi connectivity index (χ2v) is 7.96. The van der Waals surface area contributed by atoms with E-state index in [1.807, 2.05) is 30.3 Å². The van der Waals surface area contributed by atoms with Gasteiger partial charge in [-0.15, -0.1) is 6.58 Å². The largest absolute Gasteiger partial charge is 0.488 e. The number of carbonyl (C=O) groups excluding carboxylic acids is 2. The fourth-order valence-electron chi connectivity index (χ4n) is 2.46. The molecular formula is C20H15BrClNO3S. The first kappa shape index (κ1) is 19.7. The number of imide groups is 1. The van der Waals surface area contributed by atoms with Gasteiger partial charge < -0.3 is 4.74 Å². The van der Waals surface area contributed by atoms with Crippen LogP contribution < -0.4 is 4.74 Å². The standard InChI is InChI=1S/C20H15BrClNO3S/c1-2-9-23-19(24)18(27-20(23)25)11-14-10-15(21)7-8-17(14)26-12-13-5-3-4-6-16(13)22/h2-8,10-11H,1,9,12H2/b18-11+. The summed E-state index contributed by atoms with van der Waals surface area (Å²) >= 11 is 10.5. The predicted octanol–water partition coefficient (Wildman–Crippen LogP) is 5.90. The minimum atomic E-state index is -0.332. The lowest BCUT2D eigenvalue weighted by Crippen LogP contribution is -2.27. The summed E-state index contributed by atoms with van der Waals surface area (Å²) in [5, 5.41) is 0.321. The summed E-state index contributed by atoms with van der Waals surface area (Å²) < 4.78 is 6.76. The molecule has 0 radical (unpaired) electrons. The molecule has 0 atom stereocenters. The van der Waals surface area contributed by atoms with E-state index >= 15 is 0 Å². The van der Waals surface area contributed by atoms with E-state index in [-0.39, 0.29) is 17.7 Å². The van der Waals surface area contributed by atoms with Gasteiger partial charge >= 0.3 is 0 Å². The highest BCUT2D eigenvalue weighted by Gasteiger charge is 2.34. The van der Waals surface area contributed by atoms with Crippen LogP contribution in [0.4, 0.5) is 4.79 Å². The maximum atomic E-state index is 12.4. The van der Waals surface area contributed by atoms with Crippen molar-refractivity contribution in [2.24, 2.45) is 0 Å². The Labute approximate surface area is 175 Å². The first-order valence-corrected chi connectivity index (χ1v) is 10.0. The zero-order valence-electron chi connectivity index (χ0n) is 14.2. The number of halogens is 2. The highest BCUT2D eigenvalue weighted by Crippen LogP contribution is 2.35. The van der Waals surface area contributed by atoms with Crippen LogP contribution in [0.2, 0.25) is 5.02 Å². The molecule has 0 N–H and O–H groups in total. The van der Waals surface area contributed by atoms with Crippen molar-refractivity contribution in [1.82, 2.24) is 4.90 Å². The van der Waals surface area contributed by atoms with E-state index in [1.165, 1.54) is 6.08 Å². The minimum absolute atomic E-state index is 0.191. The Balaban J connectivity index is 1.86. The number of benzene rings is 2. The molecule has 0 aromatic heterocycles. The number of hydrogen-bond donors (Lipinski definition) is 0. The van der Waals surface area contributed by atoms with E-state index in [0.29, 0.717) is 27.8 Å². The van der Waals surface area contributed by atoms with Gasteiger partial charge in [-0.2, -0.15) is 0 Å². The van der Waals surface area contributed by atoms with Crippen molar-refractivity contribution in [2.45, 2.75) is 6.61 Å². The normalized spacial score (nSPS) is 15.5. The third-order valence-corrected chi connectivity index (χ3v) is 5.55. The summed E-state index contributed by atoms with van der Waals surface area (Å²) in [7, 11) is 0. The van der Waals surface area contributed by atoms with Crippen LogP contribution in [0.3, 0.4) is 0 Å². The summed E-state index contributed by atoms with van der Waals surface area (Å²) in [5.74, 6) is 0.260. The number of nitrogens with zero attached hydrogens (tertiary/aromatic N) is 1. The van der Waals surface area contributed by atoms with Gasteiger partial charge in [-0.25, -0.2) is 0 Å². The Morgan fingerprint density at radius 1 is 1.22 bits per heavy atom. The summed E-state index contributed by atoms with van der Waals surface area (Å²) in [6.07, 6.45) is 3.19. The summed E-state index contributed by atoms with van der Waals surface area (Å²) in [6, 6.07) is 12.9. The highest BCUT2D eigenvalue weighted by molar-refractivity contribution is 9.10. The third-order valence-electron chi connectivity index (χ3n) is 3.78. The minimum Gasteiger partial charge on any atom is -0.488 e. The molecule has 1 fully saturated rings. The number of ether oxygens (including phenoxy) is 1. The molecule has 1 saturated heterocycles. The van der Waals surface area contributed by atoms with Crippen LogP contribution in [-0.2, 0) is 11.4 Å². The fraction of sp³-hybridized carbons (Fsp3) is 0.100. The molecule has 138 valence electrons. The van der Waals surface area contributed by atoms with Crippen molar-refractivity contribution in [3.05, 3.63) is 80.6 Å². The molecule has 2 amide bonds. The molecule has 7 heteroatoms. The smallest absolute Gasteiger partial charge is 0.293 e. The summed E-state index contributed by atoms with van der Waals surface area (Å²) in [4.78, 5) is 25.9. The zero-order chi connectivity index (χ0) is 19.4. The average molecular weight is 465 g/mol. The van der Waals surface area contributed by atoms with Crippen LogP contribution in [-0.4, -0.2) is 22.6 Å². The van der Waals surface area contributed by atoms with Gasteiger partial charge in [0.15, 0.2) is 0 Å². The molecule has 0 unspecified atom stereocenters. The number of hydrogen-bond acceptors (Lipinski definition) is 4. The fourth-order valence-corrected chi connectivity index (χ4v) is 3.87. The maximum Gasteiger partial charge on any atom is 0.293 e. The van der Waals surface area contributed by atoms with Gasteiger partial charge in [-0.05, 0) is 42.1 Å². The van der Waals surface area contributed by atoms with Gasteiger partial charge in [-0.3, -0.25) is 14.5 Å². The highest BCUT2D eigenvalue weighted by atomic mass is 79.9. The van der Waals surface area contributed by atoms with Gasteiger partial charge in [0.2, 0.25) is 0 Å². The Morgan fingerprint density at radius 3 is 2.74 bits per heavy atom. The van der Waals surface area contributed by atoms with Crippen molar-refractivity contribution in [3.63, 3.8) is 0 Å². The first-order chi connectivity index (χ1) is 13.0.